The maximum absolute atomic E-state index is 6.55. The van der Waals surface area contributed by atoms with Crippen LogP contribution >= 0.6 is 0 Å². The minimum atomic E-state index is 0.741. The molecule has 0 bridgehead atoms. The summed E-state index contributed by atoms with van der Waals surface area (Å²) in [6.07, 6.45) is 3.74. The lowest BCUT2D eigenvalue weighted by atomic mass is 10.0. The largest absolute Gasteiger partial charge is 0.454 e. The number of pyridine rings is 1. The van der Waals surface area contributed by atoms with Crippen LogP contribution in [0.2, 0.25) is 0 Å². The number of hydrogen-bond acceptors (Lipinski definition) is 4. The summed E-state index contributed by atoms with van der Waals surface area (Å²) in [5.41, 5.74) is 8.45. The molecule has 3 heterocycles. The van der Waals surface area contributed by atoms with Gasteiger partial charge in [0.05, 0.1) is 29.2 Å². The quantitative estimate of drug-likeness (QED) is 0.218. The van der Waals surface area contributed by atoms with Gasteiger partial charge in [0.25, 0.3) is 0 Å². The maximum Gasteiger partial charge on any atom is 0.159 e. The van der Waals surface area contributed by atoms with Crippen molar-refractivity contribution in [3.05, 3.63) is 146 Å². The van der Waals surface area contributed by atoms with Crippen molar-refractivity contribution in [2.75, 3.05) is 4.90 Å². The molecule has 0 fully saturated rings. The fraction of sp³-hybridized carbons (Fsp3) is 0. The molecule has 0 N–H and O–H groups in total. The molecule has 0 aliphatic heterocycles. The second-order valence-corrected chi connectivity index (χ2v) is 10.8. The molecule has 0 radical (unpaired) electrons. The van der Waals surface area contributed by atoms with Crippen LogP contribution in [0.5, 0.6) is 0 Å². The van der Waals surface area contributed by atoms with Gasteiger partial charge in [0.15, 0.2) is 11.2 Å². The average molecular weight is 553 g/mol. The van der Waals surface area contributed by atoms with Crippen molar-refractivity contribution in [1.29, 1.82) is 0 Å². The Balaban J connectivity index is 1.34. The van der Waals surface area contributed by atoms with Crippen molar-refractivity contribution in [3.8, 4) is 11.1 Å². The molecule has 4 nitrogen and oxygen atoms in total. The highest BCUT2D eigenvalue weighted by Gasteiger charge is 2.23. The van der Waals surface area contributed by atoms with E-state index in [1.165, 1.54) is 10.9 Å². The first-order chi connectivity index (χ1) is 21.3. The van der Waals surface area contributed by atoms with Crippen molar-refractivity contribution < 1.29 is 8.83 Å². The molecule has 0 saturated heterocycles. The van der Waals surface area contributed by atoms with Gasteiger partial charge in [-0.15, -0.1) is 0 Å². The molecule has 4 heteroatoms. The molecule has 0 aliphatic carbocycles. The van der Waals surface area contributed by atoms with Gasteiger partial charge in [-0.2, -0.15) is 0 Å². The summed E-state index contributed by atoms with van der Waals surface area (Å²) in [4.78, 5) is 6.92. The molecule has 9 rings (SSSR count). The first kappa shape index (κ1) is 23.8. The Morgan fingerprint density at radius 2 is 1.19 bits per heavy atom. The zero-order valence-corrected chi connectivity index (χ0v) is 23.1. The number of anilines is 3. The molecular formula is C39H24N2O2. The smallest absolute Gasteiger partial charge is 0.159 e. The number of para-hydroxylation sites is 2. The summed E-state index contributed by atoms with van der Waals surface area (Å²) in [5, 5.41) is 6.53. The summed E-state index contributed by atoms with van der Waals surface area (Å²) in [7, 11) is 0. The lowest BCUT2D eigenvalue weighted by Crippen LogP contribution is -2.11. The Bertz CT molecular complexity index is 2450. The van der Waals surface area contributed by atoms with E-state index >= 15 is 0 Å². The molecule has 0 amide bonds. The molecule has 43 heavy (non-hydrogen) atoms. The van der Waals surface area contributed by atoms with Crippen LogP contribution in [0.15, 0.2) is 155 Å². The number of rotatable bonds is 4. The standard InChI is InChI=1S/C39H24N2O2/c1-2-9-25(10-3-1)26-17-19-29(20-18-26)41(33-15-8-14-31-30-13-6-7-16-35(30)43-39(31)33)34-23-40-24-37-38(34)32-21-27-11-4-5-12-28(27)22-36(32)42-37/h1-24H. The normalized spacial score (nSPS) is 11.7. The fourth-order valence-corrected chi connectivity index (χ4v) is 6.32. The molecular weight excluding hydrogens is 528 g/mol. The number of aromatic nitrogens is 1. The second kappa shape index (κ2) is 9.33. The summed E-state index contributed by atoms with van der Waals surface area (Å²) < 4.78 is 13.0. The van der Waals surface area contributed by atoms with E-state index in [1.54, 1.807) is 0 Å². The van der Waals surface area contributed by atoms with E-state index in [4.69, 9.17) is 8.83 Å². The van der Waals surface area contributed by atoms with Gasteiger partial charge in [-0.3, -0.25) is 4.98 Å². The number of fused-ring (bicyclic) bond motifs is 7. The van der Waals surface area contributed by atoms with Crippen LogP contribution in [0.25, 0.3) is 65.8 Å². The molecule has 0 spiro atoms. The highest BCUT2D eigenvalue weighted by Crippen LogP contribution is 2.46. The topological polar surface area (TPSA) is 42.4 Å². The van der Waals surface area contributed by atoms with E-state index in [1.807, 2.05) is 30.6 Å². The van der Waals surface area contributed by atoms with Crippen LogP contribution in [0.1, 0.15) is 0 Å². The zero-order valence-electron chi connectivity index (χ0n) is 23.1. The molecule has 6 aromatic carbocycles. The lowest BCUT2D eigenvalue weighted by molar-refractivity contribution is 0.667. The fourth-order valence-electron chi connectivity index (χ4n) is 6.32. The predicted octanol–water partition coefficient (Wildman–Crippen LogP) is 11.2. The van der Waals surface area contributed by atoms with Gasteiger partial charge in [0, 0.05) is 21.8 Å². The van der Waals surface area contributed by atoms with Crippen molar-refractivity contribution in [3.63, 3.8) is 0 Å². The van der Waals surface area contributed by atoms with Gasteiger partial charge in [0.2, 0.25) is 0 Å². The van der Waals surface area contributed by atoms with E-state index in [-0.39, 0.29) is 0 Å². The highest BCUT2D eigenvalue weighted by atomic mass is 16.3. The van der Waals surface area contributed by atoms with Crippen molar-refractivity contribution in [2.24, 2.45) is 0 Å². The third-order valence-corrected chi connectivity index (χ3v) is 8.33. The molecule has 0 unspecified atom stereocenters. The number of furan rings is 2. The minimum Gasteiger partial charge on any atom is -0.454 e. The molecule has 202 valence electrons. The number of benzene rings is 6. The Kier molecular flexibility index (Phi) is 5.16. The van der Waals surface area contributed by atoms with Crippen LogP contribution < -0.4 is 4.90 Å². The third-order valence-electron chi connectivity index (χ3n) is 8.33. The maximum atomic E-state index is 6.55. The lowest BCUT2D eigenvalue weighted by Gasteiger charge is -2.26. The highest BCUT2D eigenvalue weighted by molar-refractivity contribution is 6.17. The average Bonchev–Trinajstić information content (AvgIpc) is 3.63. The second-order valence-electron chi connectivity index (χ2n) is 10.8. The van der Waals surface area contributed by atoms with Crippen molar-refractivity contribution in [1.82, 2.24) is 4.98 Å². The molecule has 0 aliphatic rings. The van der Waals surface area contributed by atoms with E-state index < -0.39 is 0 Å². The van der Waals surface area contributed by atoms with Gasteiger partial charge in [-0.05, 0) is 58.3 Å². The van der Waals surface area contributed by atoms with Gasteiger partial charge in [-0.25, -0.2) is 0 Å². The van der Waals surface area contributed by atoms with Crippen LogP contribution in [0.4, 0.5) is 17.1 Å². The summed E-state index contributed by atoms with van der Waals surface area (Å²) >= 11 is 0. The van der Waals surface area contributed by atoms with E-state index in [9.17, 15) is 0 Å². The van der Waals surface area contributed by atoms with E-state index in [2.05, 4.69) is 125 Å². The van der Waals surface area contributed by atoms with Gasteiger partial charge < -0.3 is 13.7 Å². The van der Waals surface area contributed by atoms with E-state index in [0.717, 1.165) is 71.9 Å². The number of nitrogens with zero attached hydrogens (tertiary/aromatic N) is 2. The Labute approximate surface area is 247 Å². The van der Waals surface area contributed by atoms with Crippen LogP contribution in [0, 0.1) is 0 Å². The van der Waals surface area contributed by atoms with Gasteiger partial charge >= 0.3 is 0 Å². The van der Waals surface area contributed by atoms with Crippen molar-refractivity contribution >= 4 is 71.7 Å². The first-order valence-electron chi connectivity index (χ1n) is 14.4. The Morgan fingerprint density at radius 3 is 2.05 bits per heavy atom. The summed E-state index contributed by atoms with van der Waals surface area (Å²) in [6, 6.07) is 46.4. The Hall–Kier alpha value is -5.87. The molecule has 9 aromatic rings. The SMILES string of the molecule is c1ccc(-c2ccc(N(c3cccc4c3oc3ccccc34)c3cncc4oc5cc6ccccc6cc5c34)cc2)cc1. The first-order valence-corrected chi connectivity index (χ1v) is 14.4. The minimum absolute atomic E-state index is 0.741. The van der Waals surface area contributed by atoms with Crippen LogP contribution in [0.3, 0.4) is 0 Å². The molecule has 0 atom stereocenters. The predicted molar refractivity (Wildman–Crippen MR) is 176 cm³/mol. The summed E-state index contributed by atoms with van der Waals surface area (Å²) in [5.74, 6) is 0. The molecule has 0 saturated carbocycles. The summed E-state index contributed by atoms with van der Waals surface area (Å²) in [6.45, 7) is 0. The van der Waals surface area contributed by atoms with Crippen LogP contribution in [-0.2, 0) is 0 Å². The zero-order chi connectivity index (χ0) is 28.3. The van der Waals surface area contributed by atoms with Gasteiger partial charge in [0.1, 0.15) is 11.2 Å². The third kappa shape index (κ3) is 3.74. The van der Waals surface area contributed by atoms with Crippen LogP contribution in [-0.4, -0.2) is 4.98 Å². The Morgan fingerprint density at radius 1 is 0.465 bits per heavy atom. The monoisotopic (exact) mass is 552 g/mol. The number of hydrogen-bond donors (Lipinski definition) is 0. The van der Waals surface area contributed by atoms with Crippen molar-refractivity contribution in [2.45, 2.75) is 0 Å². The van der Waals surface area contributed by atoms with Gasteiger partial charge in [-0.1, -0.05) is 97.1 Å². The van der Waals surface area contributed by atoms with E-state index in [0.29, 0.717) is 0 Å². The molecule has 3 aromatic heterocycles.